The molecule has 1 aliphatic rings. The van der Waals surface area contributed by atoms with Crippen molar-refractivity contribution in [1.82, 2.24) is 15.3 Å². The largest absolute Gasteiger partial charge is 0.378 e. The quantitative estimate of drug-likeness (QED) is 0.667. The number of rotatable bonds is 6. The molecule has 1 heterocycles. The average Bonchev–Trinajstić information content (AvgIpc) is 2.72. The van der Waals surface area contributed by atoms with Gasteiger partial charge in [0.15, 0.2) is 17.7 Å². The first-order chi connectivity index (χ1) is 14.2. The van der Waals surface area contributed by atoms with Crippen LogP contribution in [0.2, 0.25) is 0 Å². The lowest BCUT2D eigenvalue weighted by molar-refractivity contribution is -0.130. The predicted octanol–water partition coefficient (Wildman–Crippen LogP) is 2.70. The first-order valence-corrected chi connectivity index (χ1v) is 9.95. The molecule has 30 heavy (non-hydrogen) atoms. The second-order valence-corrected chi connectivity index (χ2v) is 7.87. The Labute approximate surface area is 174 Å². The molecule has 0 saturated heterocycles. The van der Waals surface area contributed by atoms with Gasteiger partial charge in [0.25, 0.3) is 5.91 Å². The Morgan fingerprint density at radius 2 is 1.83 bits per heavy atom. The van der Waals surface area contributed by atoms with Crippen molar-refractivity contribution in [2.45, 2.75) is 50.8 Å². The van der Waals surface area contributed by atoms with Crippen LogP contribution in [0.15, 0.2) is 24.4 Å². The third-order valence-electron chi connectivity index (χ3n) is 5.28. The molecular weight excluding hydrogens is 392 g/mol. The third-order valence-corrected chi connectivity index (χ3v) is 5.28. The second kappa shape index (κ2) is 9.34. The Kier molecular flexibility index (Phi) is 6.81. The summed E-state index contributed by atoms with van der Waals surface area (Å²) in [5.74, 6) is -1.30. The van der Waals surface area contributed by atoms with E-state index < -0.39 is 23.6 Å². The standard InChI is InChI=1S/C21H27F2N5O2/c1-12-11-24-21(27-19(12)28(2)3)26-15-7-5-14(6-8-15)25-20(30)18(29)13-4-9-16(22)17(23)10-13/h4,9-11,14-15,18,29H,5-8H2,1-3H3,(H,25,30)(H,24,26,27). The van der Waals surface area contributed by atoms with Crippen LogP contribution in [0.1, 0.15) is 42.9 Å². The average molecular weight is 419 g/mol. The van der Waals surface area contributed by atoms with Crippen molar-refractivity contribution in [3.8, 4) is 0 Å². The molecule has 1 aliphatic carbocycles. The number of aryl methyl sites for hydroxylation is 1. The lowest BCUT2D eigenvalue weighted by atomic mass is 9.91. The summed E-state index contributed by atoms with van der Waals surface area (Å²) in [4.78, 5) is 23.1. The number of hydrogen-bond acceptors (Lipinski definition) is 6. The number of aliphatic hydroxyl groups excluding tert-OH is 1. The SMILES string of the molecule is Cc1cnc(NC2CCC(NC(=O)C(O)c3ccc(F)c(F)c3)CC2)nc1N(C)C. The summed E-state index contributed by atoms with van der Waals surface area (Å²) >= 11 is 0. The van der Waals surface area contributed by atoms with E-state index in [1.165, 1.54) is 6.07 Å². The number of benzene rings is 1. The number of nitrogens with zero attached hydrogens (tertiary/aromatic N) is 3. The molecule has 1 amide bonds. The number of carbonyl (C=O) groups excluding carboxylic acids is 1. The van der Waals surface area contributed by atoms with Crippen molar-refractivity contribution in [2.75, 3.05) is 24.3 Å². The zero-order valence-corrected chi connectivity index (χ0v) is 17.3. The molecule has 0 spiro atoms. The molecule has 1 aromatic heterocycles. The van der Waals surface area contributed by atoms with Gasteiger partial charge in [-0.2, -0.15) is 4.98 Å². The van der Waals surface area contributed by atoms with Gasteiger partial charge in [0.1, 0.15) is 5.82 Å². The predicted molar refractivity (Wildman–Crippen MR) is 110 cm³/mol. The number of amides is 1. The first kappa shape index (κ1) is 21.9. The number of carbonyl (C=O) groups is 1. The number of aliphatic hydroxyl groups is 1. The monoisotopic (exact) mass is 419 g/mol. The minimum absolute atomic E-state index is 0.0231. The van der Waals surface area contributed by atoms with Crippen LogP contribution >= 0.6 is 0 Å². The molecular formula is C21H27F2N5O2. The Morgan fingerprint density at radius 3 is 2.47 bits per heavy atom. The molecule has 0 bridgehead atoms. The number of hydrogen-bond donors (Lipinski definition) is 3. The lowest BCUT2D eigenvalue weighted by Gasteiger charge is -2.30. The number of nitrogens with one attached hydrogen (secondary N) is 2. The summed E-state index contributed by atoms with van der Waals surface area (Å²) in [5, 5.41) is 16.3. The van der Waals surface area contributed by atoms with Crippen molar-refractivity contribution in [2.24, 2.45) is 0 Å². The molecule has 0 aliphatic heterocycles. The number of anilines is 2. The van der Waals surface area contributed by atoms with Crippen molar-refractivity contribution < 1.29 is 18.7 Å². The maximum Gasteiger partial charge on any atom is 0.253 e. The summed E-state index contributed by atoms with van der Waals surface area (Å²) in [6.07, 6.45) is 3.31. The van der Waals surface area contributed by atoms with E-state index in [-0.39, 0.29) is 17.6 Å². The Hall–Kier alpha value is -2.81. The van der Waals surface area contributed by atoms with Crippen LogP contribution in [-0.4, -0.2) is 47.2 Å². The zero-order valence-electron chi connectivity index (χ0n) is 17.3. The highest BCUT2D eigenvalue weighted by atomic mass is 19.2. The second-order valence-electron chi connectivity index (χ2n) is 7.87. The fraction of sp³-hybridized carbons (Fsp3) is 0.476. The Morgan fingerprint density at radius 1 is 1.17 bits per heavy atom. The fourth-order valence-corrected chi connectivity index (χ4v) is 3.63. The van der Waals surface area contributed by atoms with E-state index >= 15 is 0 Å². The summed E-state index contributed by atoms with van der Waals surface area (Å²) in [6, 6.07) is 3.03. The van der Waals surface area contributed by atoms with Crippen LogP contribution < -0.4 is 15.5 Å². The van der Waals surface area contributed by atoms with Gasteiger partial charge in [-0.15, -0.1) is 0 Å². The molecule has 1 fully saturated rings. The molecule has 9 heteroatoms. The summed E-state index contributed by atoms with van der Waals surface area (Å²) in [6.45, 7) is 1.96. The van der Waals surface area contributed by atoms with E-state index in [2.05, 4.69) is 20.6 Å². The van der Waals surface area contributed by atoms with Gasteiger partial charge in [0, 0.05) is 37.9 Å². The third kappa shape index (κ3) is 5.21. The van der Waals surface area contributed by atoms with Gasteiger partial charge in [-0.25, -0.2) is 13.8 Å². The van der Waals surface area contributed by atoms with Gasteiger partial charge >= 0.3 is 0 Å². The highest BCUT2D eigenvalue weighted by Gasteiger charge is 2.26. The highest BCUT2D eigenvalue weighted by molar-refractivity contribution is 5.82. The first-order valence-electron chi connectivity index (χ1n) is 9.95. The molecule has 2 aromatic rings. The summed E-state index contributed by atoms with van der Waals surface area (Å²) in [5.41, 5.74) is 1.02. The smallest absolute Gasteiger partial charge is 0.253 e. The number of halogens is 2. The summed E-state index contributed by atoms with van der Waals surface area (Å²) in [7, 11) is 3.86. The highest BCUT2D eigenvalue weighted by Crippen LogP contribution is 2.24. The van der Waals surface area contributed by atoms with Gasteiger partial charge in [0.05, 0.1) is 0 Å². The van der Waals surface area contributed by atoms with E-state index in [1.54, 1.807) is 6.20 Å². The van der Waals surface area contributed by atoms with Gasteiger partial charge in [0.2, 0.25) is 5.95 Å². The topological polar surface area (TPSA) is 90.4 Å². The van der Waals surface area contributed by atoms with E-state index in [0.29, 0.717) is 5.95 Å². The minimum atomic E-state index is -1.54. The van der Waals surface area contributed by atoms with Crippen molar-refractivity contribution in [3.63, 3.8) is 0 Å². The maximum atomic E-state index is 13.3. The normalized spacial score (nSPS) is 19.8. The molecule has 1 atom stereocenters. The van der Waals surface area contributed by atoms with E-state index in [0.717, 1.165) is 49.2 Å². The summed E-state index contributed by atoms with van der Waals surface area (Å²) < 4.78 is 26.4. The van der Waals surface area contributed by atoms with E-state index in [4.69, 9.17) is 0 Å². The van der Waals surface area contributed by atoms with Crippen LogP contribution in [0.25, 0.3) is 0 Å². The molecule has 0 radical (unpaired) electrons. The molecule has 7 nitrogen and oxygen atoms in total. The van der Waals surface area contributed by atoms with Crippen LogP contribution in [0.5, 0.6) is 0 Å². The lowest BCUT2D eigenvalue weighted by Crippen LogP contribution is -2.42. The maximum absolute atomic E-state index is 13.3. The van der Waals surface area contributed by atoms with Gasteiger partial charge in [-0.05, 0) is 50.3 Å². The molecule has 3 rings (SSSR count). The minimum Gasteiger partial charge on any atom is -0.378 e. The van der Waals surface area contributed by atoms with E-state index in [1.807, 2.05) is 25.9 Å². The fourth-order valence-electron chi connectivity index (χ4n) is 3.63. The van der Waals surface area contributed by atoms with Gasteiger partial charge in [-0.3, -0.25) is 4.79 Å². The van der Waals surface area contributed by atoms with Crippen LogP contribution in [-0.2, 0) is 4.79 Å². The van der Waals surface area contributed by atoms with Crippen molar-refractivity contribution in [3.05, 3.63) is 47.2 Å². The Balaban J connectivity index is 1.51. The van der Waals surface area contributed by atoms with Crippen LogP contribution in [0.4, 0.5) is 20.5 Å². The van der Waals surface area contributed by atoms with Gasteiger partial charge in [-0.1, -0.05) is 6.07 Å². The number of aromatic nitrogens is 2. The molecule has 3 N–H and O–H groups in total. The van der Waals surface area contributed by atoms with E-state index in [9.17, 15) is 18.7 Å². The van der Waals surface area contributed by atoms with Crippen molar-refractivity contribution in [1.29, 1.82) is 0 Å². The van der Waals surface area contributed by atoms with Crippen LogP contribution in [0.3, 0.4) is 0 Å². The van der Waals surface area contributed by atoms with Gasteiger partial charge < -0.3 is 20.6 Å². The van der Waals surface area contributed by atoms with Crippen molar-refractivity contribution >= 4 is 17.7 Å². The molecule has 1 aromatic carbocycles. The Bertz CT molecular complexity index is 901. The zero-order chi connectivity index (χ0) is 21.8. The molecule has 1 unspecified atom stereocenters. The molecule has 1 saturated carbocycles. The van der Waals surface area contributed by atoms with Crippen LogP contribution in [0, 0.1) is 18.6 Å². The molecule has 162 valence electrons.